The van der Waals surface area contributed by atoms with Crippen molar-refractivity contribution in [3.8, 4) is 22.5 Å². The van der Waals surface area contributed by atoms with E-state index < -0.39 is 7.12 Å². The Labute approximate surface area is 405 Å². The van der Waals surface area contributed by atoms with E-state index in [0.29, 0.717) is 5.46 Å². The van der Waals surface area contributed by atoms with E-state index in [9.17, 15) is 10.0 Å². The summed E-state index contributed by atoms with van der Waals surface area (Å²) < 4.78 is 5.68. The zero-order valence-corrected chi connectivity index (χ0v) is 39.0. The molecule has 0 saturated carbocycles. The molecule has 0 unspecified atom stereocenters. The maximum atomic E-state index is 9.24. The van der Waals surface area contributed by atoms with Gasteiger partial charge in [0.2, 0.25) is 0 Å². The Balaban J connectivity index is 0.000000129. The number of aromatic nitrogens is 2. The quantitative estimate of drug-likeness (QED) is 0.149. The number of benzene rings is 10. The van der Waals surface area contributed by atoms with Crippen LogP contribution in [0.2, 0.25) is 0 Å². The van der Waals surface area contributed by atoms with E-state index in [1.165, 1.54) is 71.6 Å². The molecule has 0 aliphatic carbocycles. The van der Waals surface area contributed by atoms with Crippen LogP contribution in [0.4, 0.5) is 0 Å². The van der Waals surface area contributed by atoms with Crippen LogP contribution in [0.1, 0.15) is 22.3 Å². The van der Waals surface area contributed by atoms with Gasteiger partial charge in [-0.05, 0) is 112 Å². The third-order valence-electron chi connectivity index (χ3n) is 12.4. The Morgan fingerprint density at radius 1 is 0.309 bits per heavy atom. The van der Waals surface area contributed by atoms with E-state index in [1.54, 1.807) is 12.1 Å². The molecule has 2 aromatic heterocycles. The fraction of sp³-hybridized carbons (Fsp3) is 0.0323. The van der Waals surface area contributed by atoms with Crippen LogP contribution in [0.25, 0.3) is 66.1 Å². The highest BCUT2D eigenvalue weighted by atomic mass is 79.9. The number of halogens is 1. The van der Waals surface area contributed by atoms with Crippen LogP contribution in [-0.4, -0.2) is 26.3 Å². The summed E-state index contributed by atoms with van der Waals surface area (Å²) >= 11 is 3.43. The summed E-state index contributed by atoms with van der Waals surface area (Å²) in [5, 5.41) is 23.5. The zero-order chi connectivity index (χ0) is 46.2. The predicted molar refractivity (Wildman–Crippen MR) is 289 cm³/mol. The van der Waals surface area contributed by atoms with E-state index in [2.05, 4.69) is 225 Å². The predicted octanol–water partition coefficient (Wildman–Crippen LogP) is 14.5. The lowest BCUT2D eigenvalue weighted by molar-refractivity contribution is 0.426. The first-order valence-corrected chi connectivity index (χ1v) is 23.7. The fourth-order valence-electron chi connectivity index (χ4n) is 9.08. The van der Waals surface area contributed by atoms with Crippen molar-refractivity contribution >= 4 is 72.1 Å². The molecule has 0 amide bonds. The van der Waals surface area contributed by atoms with Crippen molar-refractivity contribution in [3.63, 3.8) is 0 Å². The van der Waals surface area contributed by atoms with Gasteiger partial charge in [-0.2, -0.15) is 0 Å². The van der Waals surface area contributed by atoms with Crippen molar-refractivity contribution in [1.29, 1.82) is 0 Å². The third kappa shape index (κ3) is 9.71. The average molecular weight is 944 g/mol. The van der Waals surface area contributed by atoms with Crippen molar-refractivity contribution < 1.29 is 10.0 Å². The number of para-hydroxylation sites is 4. The van der Waals surface area contributed by atoms with Gasteiger partial charge in [-0.15, -0.1) is 0 Å². The highest BCUT2D eigenvalue weighted by Gasteiger charge is 2.15. The summed E-state index contributed by atoms with van der Waals surface area (Å²) in [6, 6.07) is 88.6. The van der Waals surface area contributed by atoms with Gasteiger partial charge in [-0.3, -0.25) is 0 Å². The number of nitrogens with zero attached hydrogens (tertiary/aromatic N) is 2. The third-order valence-corrected chi connectivity index (χ3v) is 13.0. The van der Waals surface area contributed by atoms with Crippen LogP contribution in [0.5, 0.6) is 0 Å². The highest BCUT2D eigenvalue weighted by molar-refractivity contribution is 9.10. The van der Waals surface area contributed by atoms with Crippen molar-refractivity contribution in [2.24, 2.45) is 0 Å². The molecule has 0 bridgehead atoms. The van der Waals surface area contributed by atoms with Crippen LogP contribution in [0.3, 0.4) is 0 Å². The number of hydrogen-bond acceptors (Lipinski definition) is 2. The first kappa shape index (κ1) is 44.1. The molecule has 4 nitrogen and oxygen atoms in total. The molecule has 0 aliphatic rings. The number of hydrogen-bond donors (Lipinski definition) is 2. The molecule has 2 heterocycles. The molecular weight excluding hydrogens is 895 g/mol. The minimum absolute atomic E-state index is 0.490. The Morgan fingerprint density at radius 3 is 0.971 bits per heavy atom. The molecule has 0 spiro atoms. The molecule has 12 aromatic rings. The van der Waals surface area contributed by atoms with Crippen LogP contribution >= 0.6 is 15.9 Å². The maximum Gasteiger partial charge on any atom is 0.488 e. The van der Waals surface area contributed by atoms with Crippen molar-refractivity contribution in [2.45, 2.75) is 12.8 Å². The van der Waals surface area contributed by atoms with Gasteiger partial charge in [0.05, 0.1) is 22.1 Å². The smallest absolute Gasteiger partial charge is 0.423 e. The van der Waals surface area contributed by atoms with Gasteiger partial charge in [-0.1, -0.05) is 210 Å². The van der Waals surface area contributed by atoms with Crippen LogP contribution in [0.15, 0.2) is 259 Å². The van der Waals surface area contributed by atoms with E-state index >= 15 is 0 Å². The molecule has 0 aliphatic heterocycles. The summed E-state index contributed by atoms with van der Waals surface area (Å²) in [6.45, 7) is 0. The second-order valence-corrected chi connectivity index (χ2v) is 17.8. The van der Waals surface area contributed by atoms with Gasteiger partial charge in [0.25, 0.3) is 0 Å². The standard InChI is InChI=1S/C31H23N.C18H14BNO2.C13H11Br/c1-2-8-23(9-3-1)22-24-14-16-25(17-15-24)26-18-20-27(21-19-26)32-30-12-6-4-10-28(30)29-11-5-7-13-31(29)32;21-19(22)13-9-11-14(12-10-13)20-17-7-3-1-5-15(17)16-6-2-4-8-18(16)20;14-13-8-6-12(7-9-13)10-11-4-2-1-3-5-11/h1-21H,22H2;1-12,21-22H;1-9H,10H2. The van der Waals surface area contributed by atoms with E-state index in [4.69, 9.17) is 0 Å². The summed E-state index contributed by atoms with van der Waals surface area (Å²) in [5.41, 5.74) is 15.3. The molecule has 0 radical (unpaired) electrons. The first-order chi connectivity index (χ1) is 33.5. The monoisotopic (exact) mass is 942 g/mol. The molecule has 68 heavy (non-hydrogen) atoms. The lowest BCUT2D eigenvalue weighted by atomic mass is 9.80. The van der Waals surface area contributed by atoms with Gasteiger partial charge >= 0.3 is 7.12 Å². The molecule has 10 aromatic carbocycles. The van der Waals surface area contributed by atoms with Gasteiger partial charge in [-0.25, -0.2) is 0 Å². The lowest BCUT2D eigenvalue weighted by Gasteiger charge is -2.10. The Kier molecular flexibility index (Phi) is 13.2. The topological polar surface area (TPSA) is 50.3 Å². The van der Waals surface area contributed by atoms with Gasteiger partial charge in [0, 0.05) is 37.4 Å². The molecular formula is C62H48BBrN2O2. The zero-order valence-electron chi connectivity index (χ0n) is 37.4. The van der Waals surface area contributed by atoms with Crippen molar-refractivity contribution in [1.82, 2.24) is 9.13 Å². The van der Waals surface area contributed by atoms with Crippen molar-refractivity contribution in [2.75, 3.05) is 0 Å². The highest BCUT2D eigenvalue weighted by Crippen LogP contribution is 2.34. The second-order valence-electron chi connectivity index (χ2n) is 16.9. The first-order valence-electron chi connectivity index (χ1n) is 22.9. The SMILES string of the molecule is Brc1ccc(Cc2ccccc2)cc1.OB(O)c1ccc(-n2c3ccccc3c3ccccc32)cc1.c1ccc(Cc2ccc(-c3ccc(-n4c5ccccc5c5ccccc54)cc3)cc2)cc1. The second kappa shape index (κ2) is 20.4. The largest absolute Gasteiger partial charge is 0.488 e. The molecule has 2 N–H and O–H groups in total. The van der Waals surface area contributed by atoms with Crippen LogP contribution in [0, 0.1) is 0 Å². The molecule has 328 valence electrons. The Hall–Kier alpha value is -7.74. The molecule has 6 heteroatoms. The maximum absolute atomic E-state index is 9.24. The Bertz CT molecular complexity index is 3460. The molecule has 0 atom stereocenters. The number of rotatable bonds is 8. The van der Waals surface area contributed by atoms with Gasteiger partial charge in [0.1, 0.15) is 0 Å². The summed E-state index contributed by atoms with van der Waals surface area (Å²) in [5.74, 6) is 0. The lowest BCUT2D eigenvalue weighted by Crippen LogP contribution is -2.29. The summed E-state index contributed by atoms with van der Waals surface area (Å²) in [7, 11) is -1.44. The molecule has 12 rings (SSSR count). The number of fused-ring (bicyclic) bond motifs is 6. The van der Waals surface area contributed by atoms with E-state index in [0.717, 1.165) is 34.0 Å². The minimum Gasteiger partial charge on any atom is -0.423 e. The van der Waals surface area contributed by atoms with Gasteiger partial charge < -0.3 is 19.2 Å². The molecule has 0 saturated heterocycles. The van der Waals surface area contributed by atoms with Crippen molar-refractivity contribution in [3.05, 3.63) is 282 Å². The van der Waals surface area contributed by atoms with E-state index in [-0.39, 0.29) is 0 Å². The Morgan fingerprint density at radius 2 is 0.603 bits per heavy atom. The van der Waals surface area contributed by atoms with E-state index in [1.807, 2.05) is 42.5 Å². The summed E-state index contributed by atoms with van der Waals surface area (Å²) in [6.07, 6.45) is 1.97. The van der Waals surface area contributed by atoms with Gasteiger partial charge in [0.15, 0.2) is 0 Å². The minimum atomic E-state index is -1.44. The van der Waals surface area contributed by atoms with Crippen LogP contribution < -0.4 is 5.46 Å². The van der Waals surface area contributed by atoms with Crippen LogP contribution in [-0.2, 0) is 12.8 Å². The summed E-state index contributed by atoms with van der Waals surface area (Å²) in [4.78, 5) is 0. The average Bonchev–Trinajstić information content (AvgIpc) is 3.92. The normalized spacial score (nSPS) is 11.0. The fourth-order valence-corrected chi connectivity index (χ4v) is 9.34. The molecule has 0 fully saturated rings.